The highest BCUT2D eigenvalue weighted by molar-refractivity contribution is 5.96. The van der Waals surface area contributed by atoms with E-state index >= 15 is 0 Å². The maximum atomic E-state index is 5.26. The number of hydrogen-bond acceptors (Lipinski definition) is 2. The number of benzene rings is 4. The van der Waals surface area contributed by atoms with Gasteiger partial charge in [0.25, 0.3) is 0 Å². The molecule has 0 unspecified atom stereocenters. The van der Waals surface area contributed by atoms with Gasteiger partial charge >= 0.3 is 0 Å². The summed E-state index contributed by atoms with van der Waals surface area (Å²) < 4.78 is 4.81. The Bertz CT molecular complexity index is 1970. The van der Waals surface area contributed by atoms with Crippen LogP contribution >= 0.6 is 0 Å². The number of aryl methyl sites for hydroxylation is 1. The zero-order valence-corrected chi connectivity index (χ0v) is 21.9. The van der Waals surface area contributed by atoms with Gasteiger partial charge in [0.05, 0.1) is 28.0 Å². The van der Waals surface area contributed by atoms with Crippen molar-refractivity contribution in [2.24, 2.45) is 0 Å². The molecule has 0 saturated carbocycles. The Kier molecular flexibility index (Phi) is 5.23. The van der Waals surface area contributed by atoms with Crippen molar-refractivity contribution >= 4 is 22.8 Å². The first kappa shape index (κ1) is 22.7. The topological polar surface area (TPSA) is 35.1 Å². The second-order valence-electron chi connectivity index (χ2n) is 10.2. The van der Waals surface area contributed by atoms with Gasteiger partial charge in [0.15, 0.2) is 5.82 Å². The molecule has 0 atom stereocenters. The van der Waals surface area contributed by atoms with Gasteiger partial charge in [-0.2, -0.15) is 0 Å². The molecule has 0 radical (unpaired) electrons. The van der Waals surface area contributed by atoms with E-state index in [2.05, 4.69) is 130 Å². The Morgan fingerprint density at radius 3 is 1.82 bits per heavy atom. The molecule has 0 spiro atoms. The SMILES string of the molecule is C1=Cc2c(-c3nc(-c4ccccc4)cc(-c4ccccc4)n3)c3n(-c4ccccc4)c4ccccc4n3c2CC1. The Morgan fingerprint density at radius 2 is 1.18 bits per heavy atom. The zero-order chi connectivity index (χ0) is 26.5. The largest absolute Gasteiger partial charge is 0.297 e. The second kappa shape index (κ2) is 9.21. The van der Waals surface area contributed by atoms with Gasteiger partial charge in [-0.25, -0.2) is 9.97 Å². The van der Waals surface area contributed by atoms with Gasteiger partial charge in [0.1, 0.15) is 5.65 Å². The van der Waals surface area contributed by atoms with Crippen LogP contribution in [0.25, 0.3) is 62.3 Å². The van der Waals surface area contributed by atoms with Crippen LogP contribution in [0.2, 0.25) is 0 Å². The average molecular weight is 515 g/mol. The molecule has 1 aliphatic rings. The average Bonchev–Trinajstić information content (AvgIpc) is 3.55. The fraction of sp³-hybridized carbons (Fsp3) is 0.0556. The Morgan fingerprint density at radius 1 is 0.600 bits per heavy atom. The third-order valence-corrected chi connectivity index (χ3v) is 7.80. The smallest absolute Gasteiger partial charge is 0.164 e. The molecule has 0 fully saturated rings. The number of allylic oxidation sites excluding steroid dienone is 1. The number of aromatic nitrogens is 4. The third-order valence-electron chi connectivity index (χ3n) is 7.80. The van der Waals surface area contributed by atoms with Crippen molar-refractivity contribution in [3.05, 3.63) is 139 Å². The van der Waals surface area contributed by atoms with E-state index < -0.39 is 0 Å². The minimum atomic E-state index is 0.741. The van der Waals surface area contributed by atoms with Gasteiger partial charge in [-0.1, -0.05) is 103 Å². The zero-order valence-electron chi connectivity index (χ0n) is 21.9. The van der Waals surface area contributed by atoms with Crippen LogP contribution in [0, 0.1) is 0 Å². The fourth-order valence-electron chi connectivity index (χ4n) is 6.03. The lowest BCUT2D eigenvalue weighted by Gasteiger charge is -2.12. The lowest BCUT2D eigenvalue weighted by Crippen LogP contribution is -2.00. The lowest BCUT2D eigenvalue weighted by atomic mass is 10.00. The maximum Gasteiger partial charge on any atom is 0.164 e. The number of para-hydroxylation sites is 3. The lowest BCUT2D eigenvalue weighted by molar-refractivity contribution is 0.921. The number of hydrogen-bond donors (Lipinski definition) is 0. The summed E-state index contributed by atoms with van der Waals surface area (Å²) in [5.41, 5.74) is 12.2. The number of rotatable bonds is 4. The molecule has 7 aromatic rings. The van der Waals surface area contributed by atoms with Gasteiger partial charge in [0, 0.05) is 28.1 Å². The molecule has 0 N–H and O–H groups in total. The number of imidazole rings is 1. The van der Waals surface area contributed by atoms with Crippen molar-refractivity contribution < 1.29 is 0 Å². The summed E-state index contributed by atoms with van der Waals surface area (Å²) in [6.07, 6.45) is 6.54. The van der Waals surface area contributed by atoms with E-state index in [1.165, 1.54) is 22.3 Å². The first-order valence-electron chi connectivity index (χ1n) is 13.8. The molecule has 8 rings (SSSR count). The van der Waals surface area contributed by atoms with Crippen LogP contribution in [-0.4, -0.2) is 18.9 Å². The van der Waals surface area contributed by atoms with Gasteiger partial charge in [-0.3, -0.25) is 8.97 Å². The summed E-state index contributed by atoms with van der Waals surface area (Å²) in [6.45, 7) is 0. The van der Waals surface area contributed by atoms with E-state index in [1.807, 2.05) is 12.1 Å². The maximum absolute atomic E-state index is 5.26. The van der Waals surface area contributed by atoms with Gasteiger partial charge in [-0.05, 0) is 43.2 Å². The van der Waals surface area contributed by atoms with E-state index in [9.17, 15) is 0 Å². The van der Waals surface area contributed by atoms with Crippen LogP contribution in [0.1, 0.15) is 17.7 Å². The highest BCUT2D eigenvalue weighted by atomic mass is 15.1. The molecule has 4 heteroatoms. The molecule has 190 valence electrons. The molecule has 4 nitrogen and oxygen atoms in total. The van der Waals surface area contributed by atoms with Crippen molar-refractivity contribution in [2.45, 2.75) is 12.8 Å². The highest BCUT2D eigenvalue weighted by Crippen LogP contribution is 2.41. The van der Waals surface area contributed by atoms with Crippen LogP contribution < -0.4 is 0 Å². The summed E-state index contributed by atoms with van der Waals surface area (Å²) in [5, 5.41) is 0. The Labute approximate surface area is 232 Å². The molecule has 3 heterocycles. The van der Waals surface area contributed by atoms with Crippen molar-refractivity contribution in [3.63, 3.8) is 0 Å². The predicted molar refractivity (Wildman–Crippen MR) is 163 cm³/mol. The molecule has 4 aromatic carbocycles. The molecule has 1 aliphatic carbocycles. The first-order valence-corrected chi connectivity index (χ1v) is 13.8. The number of fused-ring (bicyclic) bond motifs is 5. The van der Waals surface area contributed by atoms with E-state index in [0.29, 0.717) is 0 Å². The Balaban J connectivity index is 1.52. The summed E-state index contributed by atoms with van der Waals surface area (Å²) in [6, 6.07) is 42.2. The Hall–Kier alpha value is -5.22. The van der Waals surface area contributed by atoms with Crippen LogP contribution in [0.4, 0.5) is 0 Å². The van der Waals surface area contributed by atoms with Crippen LogP contribution in [-0.2, 0) is 6.42 Å². The van der Waals surface area contributed by atoms with Crippen LogP contribution in [0.5, 0.6) is 0 Å². The number of nitrogens with zero attached hydrogens (tertiary/aromatic N) is 4. The standard InChI is InChI=1S/C36H26N4/c1-4-14-25(15-5-1)29-24-30(26-16-6-2-7-17-26)38-35(37-29)34-28-20-10-11-21-31(28)40-33-23-13-12-22-32(33)39(36(34)40)27-18-8-3-9-19-27/h1-10,12-20,22-24H,11,21H2. The normalized spacial score (nSPS) is 12.7. The summed E-state index contributed by atoms with van der Waals surface area (Å²) >= 11 is 0. The van der Waals surface area contributed by atoms with Crippen molar-refractivity contribution in [1.82, 2.24) is 18.9 Å². The van der Waals surface area contributed by atoms with Crippen LogP contribution in [0.15, 0.2) is 127 Å². The highest BCUT2D eigenvalue weighted by Gasteiger charge is 2.28. The predicted octanol–water partition coefficient (Wildman–Crippen LogP) is 8.63. The second-order valence-corrected chi connectivity index (χ2v) is 10.2. The monoisotopic (exact) mass is 514 g/mol. The van der Waals surface area contributed by atoms with E-state index in [1.54, 1.807) is 0 Å². The van der Waals surface area contributed by atoms with Crippen LogP contribution in [0.3, 0.4) is 0 Å². The van der Waals surface area contributed by atoms with Gasteiger partial charge < -0.3 is 0 Å². The van der Waals surface area contributed by atoms with Gasteiger partial charge in [-0.15, -0.1) is 0 Å². The summed E-state index contributed by atoms with van der Waals surface area (Å²) in [5.74, 6) is 0.741. The first-order chi connectivity index (χ1) is 19.9. The van der Waals surface area contributed by atoms with E-state index in [0.717, 1.165) is 58.1 Å². The van der Waals surface area contributed by atoms with Crippen molar-refractivity contribution in [2.75, 3.05) is 0 Å². The minimum absolute atomic E-state index is 0.741. The molecule has 0 amide bonds. The van der Waals surface area contributed by atoms with Gasteiger partial charge in [0.2, 0.25) is 0 Å². The molecular weight excluding hydrogens is 488 g/mol. The molecule has 3 aromatic heterocycles. The molecule has 40 heavy (non-hydrogen) atoms. The van der Waals surface area contributed by atoms with E-state index in [-0.39, 0.29) is 0 Å². The fourth-order valence-corrected chi connectivity index (χ4v) is 6.03. The molecule has 0 aliphatic heterocycles. The van der Waals surface area contributed by atoms with Crippen molar-refractivity contribution in [3.8, 4) is 39.6 Å². The minimum Gasteiger partial charge on any atom is -0.297 e. The van der Waals surface area contributed by atoms with E-state index in [4.69, 9.17) is 9.97 Å². The summed E-state index contributed by atoms with van der Waals surface area (Å²) in [7, 11) is 0. The quantitative estimate of drug-likeness (QED) is 0.236. The molecule has 0 bridgehead atoms. The van der Waals surface area contributed by atoms with Crippen molar-refractivity contribution in [1.29, 1.82) is 0 Å². The molecule has 0 saturated heterocycles. The molecular formula is C36H26N4. The summed E-state index contributed by atoms with van der Waals surface area (Å²) in [4.78, 5) is 10.5. The third kappa shape index (κ3) is 3.53.